The summed E-state index contributed by atoms with van der Waals surface area (Å²) in [6, 6.07) is 23.2. The average molecular weight is 391 g/mol. The fourth-order valence-electron chi connectivity index (χ4n) is 3.74. The molecule has 0 unspecified atom stereocenters. The quantitative estimate of drug-likeness (QED) is 0.393. The second kappa shape index (κ2) is 11.2. The highest BCUT2D eigenvalue weighted by Crippen LogP contribution is 2.30. The lowest BCUT2D eigenvalue weighted by atomic mass is 9.89. The van der Waals surface area contributed by atoms with Crippen LogP contribution in [0.5, 0.6) is 0 Å². The number of nitrogens with zero attached hydrogens (tertiary/aromatic N) is 2. The van der Waals surface area contributed by atoms with Crippen molar-refractivity contribution in [1.82, 2.24) is 9.78 Å². The molecule has 1 heterocycles. The fourth-order valence-corrected chi connectivity index (χ4v) is 3.74. The molecule has 1 aromatic heterocycles. The molecule has 1 N–H and O–H groups in total. The van der Waals surface area contributed by atoms with Crippen molar-refractivity contribution in [2.24, 2.45) is 0 Å². The maximum absolute atomic E-state index is 10.5. The molecule has 4 nitrogen and oxygen atoms in total. The van der Waals surface area contributed by atoms with Gasteiger partial charge in [-0.05, 0) is 30.0 Å². The molecule has 0 saturated heterocycles. The van der Waals surface area contributed by atoms with Gasteiger partial charge >= 0.3 is 5.97 Å². The van der Waals surface area contributed by atoms with Crippen molar-refractivity contribution < 1.29 is 9.90 Å². The first kappa shape index (κ1) is 20.8. The largest absolute Gasteiger partial charge is 0.481 e. The minimum Gasteiger partial charge on any atom is -0.481 e. The first-order chi connectivity index (χ1) is 14.2. The number of aliphatic carboxylic acids is 1. The lowest BCUT2D eigenvalue weighted by molar-refractivity contribution is -0.137. The van der Waals surface area contributed by atoms with E-state index in [9.17, 15) is 4.79 Å². The summed E-state index contributed by atoms with van der Waals surface area (Å²) in [5.41, 5.74) is 3.59. The van der Waals surface area contributed by atoms with Crippen molar-refractivity contribution in [3.8, 4) is 0 Å². The SMILES string of the molecule is O=C(O)CCCCCCCCn1ccc(C(c2ccccc2)c2ccccc2)n1. The van der Waals surface area contributed by atoms with Crippen molar-refractivity contribution in [3.63, 3.8) is 0 Å². The van der Waals surface area contributed by atoms with Gasteiger partial charge in [0.05, 0.1) is 11.6 Å². The summed E-state index contributed by atoms with van der Waals surface area (Å²) in [5.74, 6) is -0.545. The number of hydrogen-bond acceptors (Lipinski definition) is 2. The van der Waals surface area contributed by atoms with E-state index < -0.39 is 5.97 Å². The van der Waals surface area contributed by atoms with Crippen LogP contribution in [0.1, 0.15) is 67.7 Å². The molecule has 0 spiro atoms. The van der Waals surface area contributed by atoms with E-state index in [0.29, 0.717) is 6.42 Å². The number of carboxylic acid groups (broad SMARTS) is 1. The van der Waals surface area contributed by atoms with E-state index in [1.807, 2.05) is 12.1 Å². The molecule has 3 aromatic rings. The highest BCUT2D eigenvalue weighted by molar-refractivity contribution is 5.66. The first-order valence-electron chi connectivity index (χ1n) is 10.6. The van der Waals surface area contributed by atoms with E-state index in [0.717, 1.165) is 50.8 Å². The van der Waals surface area contributed by atoms with Gasteiger partial charge in [0.15, 0.2) is 0 Å². The highest BCUT2D eigenvalue weighted by atomic mass is 16.4. The van der Waals surface area contributed by atoms with E-state index in [4.69, 9.17) is 10.2 Å². The van der Waals surface area contributed by atoms with Crippen LogP contribution >= 0.6 is 0 Å². The van der Waals surface area contributed by atoms with Gasteiger partial charge in [-0.2, -0.15) is 5.10 Å². The highest BCUT2D eigenvalue weighted by Gasteiger charge is 2.18. The zero-order chi connectivity index (χ0) is 20.3. The first-order valence-corrected chi connectivity index (χ1v) is 10.6. The number of hydrogen-bond donors (Lipinski definition) is 1. The second-order valence-corrected chi connectivity index (χ2v) is 7.52. The van der Waals surface area contributed by atoms with Crippen molar-refractivity contribution in [2.75, 3.05) is 0 Å². The standard InChI is InChI=1S/C25H30N2O2/c28-24(29)17-11-3-1-2-4-12-19-27-20-18-23(26-27)25(21-13-7-5-8-14-21)22-15-9-6-10-16-22/h5-10,13-16,18,20,25H,1-4,11-12,17,19H2,(H,28,29). The van der Waals surface area contributed by atoms with Crippen LogP contribution in [0.15, 0.2) is 72.9 Å². The van der Waals surface area contributed by atoms with Crippen LogP contribution in [0.4, 0.5) is 0 Å². The maximum atomic E-state index is 10.5. The van der Waals surface area contributed by atoms with Gasteiger partial charge in [0.25, 0.3) is 0 Å². The molecular weight excluding hydrogens is 360 g/mol. The molecule has 0 saturated carbocycles. The van der Waals surface area contributed by atoms with Gasteiger partial charge < -0.3 is 5.11 Å². The molecular formula is C25H30N2O2. The second-order valence-electron chi connectivity index (χ2n) is 7.52. The number of aromatic nitrogens is 2. The average Bonchev–Trinajstić information content (AvgIpc) is 3.20. The summed E-state index contributed by atoms with van der Waals surface area (Å²) in [7, 11) is 0. The van der Waals surface area contributed by atoms with Gasteiger partial charge in [-0.3, -0.25) is 9.48 Å². The van der Waals surface area contributed by atoms with Gasteiger partial charge in [-0.1, -0.05) is 86.3 Å². The summed E-state index contributed by atoms with van der Waals surface area (Å²) in [4.78, 5) is 10.5. The Morgan fingerprint density at radius 3 is 1.93 bits per heavy atom. The monoisotopic (exact) mass is 390 g/mol. The molecule has 0 aliphatic rings. The fraction of sp³-hybridized carbons (Fsp3) is 0.360. The van der Waals surface area contributed by atoms with E-state index in [1.54, 1.807) is 0 Å². The smallest absolute Gasteiger partial charge is 0.303 e. The number of rotatable bonds is 12. The molecule has 4 heteroatoms. The van der Waals surface area contributed by atoms with Crippen molar-refractivity contribution in [1.29, 1.82) is 0 Å². The third-order valence-corrected chi connectivity index (χ3v) is 5.25. The molecule has 29 heavy (non-hydrogen) atoms. The number of carbonyl (C=O) groups is 1. The Bertz CT molecular complexity index is 819. The molecule has 152 valence electrons. The molecule has 0 amide bonds. The lowest BCUT2D eigenvalue weighted by Crippen LogP contribution is -2.06. The van der Waals surface area contributed by atoms with E-state index in [2.05, 4.69) is 65.5 Å². The molecule has 0 bridgehead atoms. The van der Waals surface area contributed by atoms with Crippen LogP contribution in [0.2, 0.25) is 0 Å². The topological polar surface area (TPSA) is 55.1 Å². The Kier molecular flexibility index (Phi) is 8.05. The van der Waals surface area contributed by atoms with Crippen LogP contribution in [0.3, 0.4) is 0 Å². The molecule has 3 rings (SSSR count). The number of unbranched alkanes of at least 4 members (excludes halogenated alkanes) is 5. The Hall–Kier alpha value is -2.88. The molecule has 0 aliphatic carbocycles. The summed E-state index contributed by atoms with van der Waals surface area (Å²) < 4.78 is 2.05. The Morgan fingerprint density at radius 1 is 0.793 bits per heavy atom. The minimum atomic E-state index is -0.691. The van der Waals surface area contributed by atoms with E-state index in [1.165, 1.54) is 11.1 Å². The van der Waals surface area contributed by atoms with Crippen molar-refractivity contribution >= 4 is 5.97 Å². The zero-order valence-corrected chi connectivity index (χ0v) is 16.9. The van der Waals surface area contributed by atoms with Crippen molar-refractivity contribution in [2.45, 2.75) is 57.4 Å². The Morgan fingerprint density at radius 2 is 1.34 bits per heavy atom. The molecule has 0 atom stereocenters. The minimum absolute atomic E-state index is 0.146. The number of aryl methyl sites for hydroxylation is 1. The Balaban J connectivity index is 1.54. The van der Waals surface area contributed by atoms with Gasteiger partial charge in [0.1, 0.15) is 0 Å². The Labute approximate surface area is 173 Å². The van der Waals surface area contributed by atoms with Gasteiger partial charge in [-0.15, -0.1) is 0 Å². The van der Waals surface area contributed by atoms with Crippen LogP contribution in [-0.4, -0.2) is 20.9 Å². The lowest BCUT2D eigenvalue weighted by Gasteiger charge is -2.16. The summed E-state index contributed by atoms with van der Waals surface area (Å²) in [6.07, 6.45) is 8.70. The van der Waals surface area contributed by atoms with Crippen LogP contribution in [-0.2, 0) is 11.3 Å². The van der Waals surface area contributed by atoms with Crippen LogP contribution in [0, 0.1) is 0 Å². The summed E-state index contributed by atoms with van der Waals surface area (Å²) >= 11 is 0. The number of carboxylic acids is 1. The maximum Gasteiger partial charge on any atom is 0.303 e. The van der Waals surface area contributed by atoms with Crippen LogP contribution < -0.4 is 0 Å². The van der Waals surface area contributed by atoms with Crippen LogP contribution in [0.25, 0.3) is 0 Å². The number of benzene rings is 2. The predicted octanol–water partition coefficient (Wildman–Crippen LogP) is 5.88. The molecule has 0 radical (unpaired) electrons. The predicted molar refractivity (Wildman–Crippen MR) is 116 cm³/mol. The third-order valence-electron chi connectivity index (χ3n) is 5.25. The third kappa shape index (κ3) is 6.60. The molecule has 2 aromatic carbocycles. The zero-order valence-electron chi connectivity index (χ0n) is 16.9. The van der Waals surface area contributed by atoms with Gasteiger partial charge in [0.2, 0.25) is 0 Å². The van der Waals surface area contributed by atoms with Gasteiger partial charge in [-0.25, -0.2) is 0 Å². The normalized spacial score (nSPS) is 11.1. The molecule has 0 aliphatic heterocycles. The summed E-state index contributed by atoms with van der Waals surface area (Å²) in [5, 5.41) is 13.5. The molecule has 0 fully saturated rings. The summed E-state index contributed by atoms with van der Waals surface area (Å²) in [6.45, 7) is 0.922. The van der Waals surface area contributed by atoms with Gasteiger partial charge in [0, 0.05) is 19.2 Å². The van der Waals surface area contributed by atoms with E-state index in [-0.39, 0.29) is 5.92 Å². The van der Waals surface area contributed by atoms with Crippen molar-refractivity contribution in [3.05, 3.63) is 89.7 Å². The van der Waals surface area contributed by atoms with E-state index >= 15 is 0 Å².